The Balaban J connectivity index is 0.000000537. The lowest BCUT2D eigenvalue weighted by Gasteiger charge is -2.03. The highest BCUT2D eigenvalue weighted by Crippen LogP contribution is 2.29. The molecule has 3 aromatic rings. The molecular formula is C19H24N3O6P. The number of benzene rings is 1. The summed E-state index contributed by atoms with van der Waals surface area (Å²) in [5.41, 5.74) is 3.04. The van der Waals surface area contributed by atoms with Crippen LogP contribution in [0.25, 0.3) is 21.8 Å². The first-order chi connectivity index (χ1) is 13.6. The Morgan fingerprint density at radius 3 is 2.41 bits per heavy atom. The second kappa shape index (κ2) is 9.67. The van der Waals surface area contributed by atoms with Crippen molar-refractivity contribution in [1.29, 1.82) is 0 Å². The summed E-state index contributed by atoms with van der Waals surface area (Å²) in [4.78, 5) is 40.8. The number of aromatic amines is 1. The summed E-state index contributed by atoms with van der Waals surface area (Å²) in [5.74, 6) is 0. The maximum absolute atomic E-state index is 11.8. The molecule has 9 nitrogen and oxygen atoms in total. The topological polar surface area (TPSA) is 144 Å². The lowest BCUT2D eigenvalue weighted by Crippen LogP contribution is -2.11. The van der Waals surface area contributed by atoms with Crippen LogP contribution in [0.4, 0.5) is 10.5 Å². The summed E-state index contributed by atoms with van der Waals surface area (Å²) in [6.07, 6.45) is -0.761. The predicted octanol–water partition coefficient (Wildman–Crippen LogP) is 3.27. The Bertz CT molecular complexity index is 1110. The van der Waals surface area contributed by atoms with Crippen LogP contribution in [-0.4, -0.2) is 38.4 Å². The number of aromatic nitrogens is 1. The highest BCUT2D eigenvalue weighted by atomic mass is 31.2. The van der Waals surface area contributed by atoms with Gasteiger partial charge < -0.3 is 29.7 Å². The van der Waals surface area contributed by atoms with Crippen LogP contribution in [0.5, 0.6) is 0 Å². The number of rotatable bonds is 3. The van der Waals surface area contributed by atoms with E-state index < -0.39 is 13.9 Å². The van der Waals surface area contributed by atoms with E-state index in [1.54, 1.807) is 19.9 Å². The second-order valence-corrected chi connectivity index (χ2v) is 7.39. The van der Waals surface area contributed by atoms with E-state index in [2.05, 4.69) is 28.3 Å². The van der Waals surface area contributed by atoms with Crippen molar-refractivity contribution in [1.82, 2.24) is 4.98 Å². The van der Waals surface area contributed by atoms with Crippen LogP contribution in [0.15, 0.2) is 47.5 Å². The molecule has 0 atom stereocenters. The zero-order chi connectivity index (χ0) is 21.6. The molecule has 0 radical (unpaired) electrons. The summed E-state index contributed by atoms with van der Waals surface area (Å²) >= 11 is 0. The van der Waals surface area contributed by atoms with Gasteiger partial charge in [0.2, 0.25) is 0 Å². The minimum atomic E-state index is -4.64. The lowest BCUT2D eigenvalue weighted by molar-refractivity contribution is 0.125. The summed E-state index contributed by atoms with van der Waals surface area (Å²) in [5, 5.41) is 6.14. The fraction of sp³-hybridized carbons (Fsp3) is 0.263. The Morgan fingerprint density at radius 1 is 1.17 bits per heavy atom. The molecule has 0 saturated heterocycles. The third-order valence-corrected chi connectivity index (χ3v) is 3.65. The van der Waals surface area contributed by atoms with Gasteiger partial charge in [-0.05, 0) is 39.0 Å². The zero-order valence-electron chi connectivity index (χ0n) is 16.3. The molecule has 1 aromatic heterocycles. The van der Waals surface area contributed by atoms with Gasteiger partial charge in [0, 0.05) is 22.8 Å². The molecule has 0 aliphatic rings. The molecule has 0 aliphatic heterocycles. The minimum absolute atomic E-state index is 0.186. The number of carbonyl (C=O) groups excluding carboxylic acids is 1. The van der Waals surface area contributed by atoms with E-state index in [0.29, 0.717) is 5.36 Å². The van der Waals surface area contributed by atoms with Crippen molar-refractivity contribution in [2.24, 2.45) is 4.99 Å². The van der Waals surface area contributed by atoms with Crippen LogP contribution in [0.1, 0.15) is 20.8 Å². The molecule has 0 bridgehead atoms. The Labute approximate surface area is 167 Å². The van der Waals surface area contributed by atoms with Gasteiger partial charge in [-0.15, -0.1) is 0 Å². The molecule has 0 saturated carbocycles. The smallest absolute Gasteiger partial charge is 0.445 e. The number of H-pyrrole nitrogens is 1. The van der Waals surface area contributed by atoms with Gasteiger partial charge in [0.25, 0.3) is 0 Å². The predicted molar refractivity (Wildman–Crippen MR) is 111 cm³/mol. The van der Waals surface area contributed by atoms with Crippen molar-refractivity contribution in [2.45, 2.75) is 26.9 Å². The van der Waals surface area contributed by atoms with Gasteiger partial charge in [-0.2, -0.15) is 4.99 Å². The highest BCUT2D eigenvalue weighted by Gasteiger charge is 2.07. The van der Waals surface area contributed by atoms with Crippen LogP contribution < -0.4 is 10.7 Å². The largest absolute Gasteiger partial charge is 0.466 e. The van der Waals surface area contributed by atoms with Gasteiger partial charge in [0.15, 0.2) is 0 Å². The third kappa shape index (κ3) is 6.99. The van der Waals surface area contributed by atoms with Gasteiger partial charge in [-0.1, -0.05) is 24.3 Å². The van der Waals surface area contributed by atoms with Crippen LogP contribution in [0, 0.1) is 0 Å². The minimum Gasteiger partial charge on any atom is -0.445 e. The molecule has 0 fully saturated rings. The van der Waals surface area contributed by atoms with Crippen LogP contribution in [-0.2, 0) is 9.30 Å². The monoisotopic (exact) mass is 421 g/mol. The number of anilines is 1. The molecule has 2 aromatic carbocycles. The molecule has 0 spiro atoms. The number of amides is 1. The van der Waals surface area contributed by atoms with Crippen molar-refractivity contribution >= 4 is 41.4 Å². The first kappa shape index (κ1) is 22.6. The van der Waals surface area contributed by atoms with Gasteiger partial charge in [0.05, 0.1) is 22.7 Å². The Kier molecular flexibility index (Phi) is 7.53. The number of ether oxygens (including phenoxy) is 1. The highest BCUT2D eigenvalue weighted by molar-refractivity contribution is 7.45. The van der Waals surface area contributed by atoms with Crippen LogP contribution >= 0.6 is 7.82 Å². The average molecular weight is 421 g/mol. The van der Waals surface area contributed by atoms with Crippen molar-refractivity contribution in [3.63, 3.8) is 0 Å². The standard InChI is InChI=1S/C19H21N3O2.H3O4P/c1-4-20-16-10-6-9-15-14-8-5-7-13(11-17(14)22-18(15)16)21-19(23)24-12(2)3;1-5(2,3)4/h5-12,20,22H,4H2,1-3H3;(H3,1,2,3,4). The fourth-order valence-electron chi connectivity index (χ4n) is 2.73. The lowest BCUT2D eigenvalue weighted by atomic mass is 10.2. The van der Waals surface area contributed by atoms with Crippen LogP contribution in [0.3, 0.4) is 0 Å². The van der Waals surface area contributed by atoms with E-state index in [4.69, 9.17) is 24.0 Å². The third-order valence-electron chi connectivity index (χ3n) is 3.65. The van der Waals surface area contributed by atoms with E-state index in [1.165, 1.54) is 0 Å². The van der Waals surface area contributed by atoms with Gasteiger partial charge >= 0.3 is 13.9 Å². The maximum Gasteiger partial charge on any atom is 0.466 e. The number of hydrogen-bond donors (Lipinski definition) is 5. The van der Waals surface area contributed by atoms with E-state index in [0.717, 1.165) is 34.0 Å². The molecular weight excluding hydrogens is 397 g/mol. The van der Waals surface area contributed by atoms with E-state index in [1.807, 2.05) is 30.3 Å². The average Bonchev–Trinajstić information content (AvgIpc) is 2.79. The summed E-state index contributed by atoms with van der Waals surface area (Å²) in [7, 11) is -4.64. The number of carbonyl (C=O) groups is 1. The van der Waals surface area contributed by atoms with Gasteiger partial charge in [0.1, 0.15) is 0 Å². The Morgan fingerprint density at radius 2 is 1.79 bits per heavy atom. The number of para-hydroxylation sites is 1. The van der Waals surface area contributed by atoms with Crippen molar-refractivity contribution in [2.75, 3.05) is 11.9 Å². The summed E-state index contributed by atoms with van der Waals surface area (Å²) in [6, 6.07) is 13.8. The Hall–Kier alpha value is -2.71. The maximum atomic E-state index is 11.8. The molecule has 0 aliphatic carbocycles. The van der Waals surface area contributed by atoms with Crippen molar-refractivity contribution in [3.05, 3.63) is 47.8 Å². The molecule has 3 rings (SSSR count). The summed E-state index contributed by atoms with van der Waals surface area (Å²) < 4.78 is 14.0. The van der Waals surface area contributed by atoms with Crippen molar-refractivity contribution < 1.29 is 28.8 Å². The molecule has 0 unspecified atom stereocenters. The van der Waals surface area contributed by atoms with E-state index >= 15 is 0 Å². The van der Waals surface area contributed by atoms with Gasteiger partial charge in [-0.3, -0.25) is 0 Å². The molecule has 5 N–H and O–H groups in total. The quantitative estimate of drug-likeness (QED) is 0.408. The number of nitrogens with zero attached hydrogens (tertiary/aromatic N) is 1. The molecule has 1 amide bonds. The second-order valence-electron chi connectivity index (χ2n) is 6.36. The zero-order valence-corrected chi connectivity index (χ0v) is 17.2. The van der Waals surface area contributed by atoms with Crippen LogP contribution in [0.2, 0.25) is 0 Å². The van der Waals surface area contributed by atoms with E-state index in [-0.39, 0.29) is 6.10 Å². The van der Waals surface area contributed by atoms with Crippen molar-refractivity contribution in [3.8, 4) is 0 Å². The molecule has 10 heteroatoms. The van der Waals surface area contributed by atoms with E-state index in [9.17, 15) is 4.79 Å². The number of nitrogens with one attached hydrogen (secondary N) is 2. The summed E-state index contributed by atoms with van der Waals surface area (Å²) in [6.45, 7) is 6.52. The molecule has 29 heavy (non-hydrogen) atoms. The first-order valence-electron chi connectivity index (χ1n) is 8.90. The number of phosphoric acid groups is 1. The number of fused-ring (bicyclic) bond motifs is 3. The molecule has 156 valence electrons. The fourth-order valence-corrected chi connectivity index (χ4v) is 2.73. The molecule has 1 heterocycles. The normalized spacial score (nSPS) is 12.0. The van der Waals surface area contributed by atoms with Gasteiger partial charge in [-0.25, -0.2) is 9.36 Å². The first-order valence-corrected chi connectivity index (χ1v) is 10.5. The SMILES string of the molecule is CCNc1cccc2c1[nH]c1cc(=NC(=O)OC(C)C)cccc12.O=P(O)(O)O. The number of hydrogen-bond acceptors (Lipinski definition) is 4.